The second kappa shape index (κ2) is 8.69. The summed E-state index contributed by atoms with van der Waals surface area (Å²) in [5.74, 6) is 1.20. The van der Waals surface area contributed by atoms with E-state index in [1.165, 1.54) is 5.56 Å². The molecule has 1 aliphatic rings. The van der Waals surface area contributed by atoms with E-state index < -0.39 is 0 Å². The monoisotopic (exact) mass is 404 g/mol. The Balaban J connectivity index is 1.57. The number of piperidine rings is 1. The molecule has 2 heterocycles. The highest BCUT2D eigenvalue weighted by atomic mass is 16.5. The first kappa shape index (κ1) is 20.1. The lowest BCUT2D eigenvalue weighted by molar-refractivity contribution is -0.120. The SMILES string of the molecule is CCOc1nc2ccccc2nc1N1CCC[C@H](C(=O)Nc2cccc(C)c2C)C1. The van der Waals surface area contributed by atoms with Crippen molar-refractivity contribution in [1.82, 2.24) is 9.97 Å². The molecule has 0 bridgehead atoms. The van der Waals surface area contributed by atoms with E-state index in [1.807, 2.05) is 50.2 Å². The van der Waals surface area contributed by atoms with Gasteiger partial charge in [-0.25, -0.2) is 9.97 Å². The van der Waals surface area contributed by atoms with E-state index in [2.05, 4.69) is 28.2 Å². The molecule has 1 aromatic heterocycles. The molecule has 1 atom stereocenters. The maximum absolute atomic E-state index is 13.0. The molecule has 6 heteroatoms. The van der Waals surface area contributed by atoms with Gasteiger partial charge in [0.05, 0.1) is 23.6 Å². The molecule has 2 aromatic carbocycles. The fourth-order valence-corrected chi connectivity index (χ4v) is 3.92. The molecule has 0 unspecified atom stereocenters. The van der Waals surface area contributed by atoms with Crippen LogP contribution in [-0.2, 0) is 4.79 Å². The zero-order valence-electron chi connectivity index (χ0n) is 17.8. The molecule has 6 nitrogen and oxygen atoms in total. The maximum atomic E-state index is 13.0. The van der Waals surface area contributed by atoms with Crippen LogP contribution in [0.4, 0.5) is 11.5 Å². The van der Waals surface area contributed by atoms with Crippen LogP contribution in [0.15, 0.2) is 42.5 Å². The fraction of sp³-hybridized carbons (Fsp3) is 0.375. The molecule has 1 saturated heterocycles. The molecule has 30 heavy (non-hydrogen) atoms. The highest BCUT2D eigenvalue weighted by molar-refractivity contribution is 5.94. The molecular weight excluding hydrogens is 376 g/mol. The minimum absolute atomic E-state index is 0.0557. The van der Waals surface area contributed by atoms with Gasteiger partial charge in [0, 0.05) is 18.8 Å². The second-order valence-corrected chi connectivity index (χ2v) is 7.80. The second-order valence-electron chi connectivity index (χ2n) is 7.80. The Hall–Kier alpha value is -3.15. The van der Waals surface area contributed by atoms with Crippen molar-refractivity contribution >= 4 is 28.4 Å². The lowest BCUT2D eigenvalue weighted by Gasteiger charge is -2.33. The molecule has 0 aliphatic carbocycles. The number of nitrogens with one attached hydrogen (secondary N) is 1. The number of ether oxygens (including phenoxy) is 1. The third kappa shape index (κ3) is 4.08. The number of anilines is 2. The Labute approximate surface area is 177 Å². The van der Waals surface area contributed by atoms with Crippen LogP contribution >= 0.6 is 0 Å². The highest BCUT2D eigenvalue weighted by Gasteiger charge is 2.29. The smallest absolute Gasteiger partial charge is 0.258 e. The Morgan fingerprint density at radius 3 is 2.67 bits per heavy atom. The Morgan fingerprint density at radius 2 is 1.90 bits per heavy atom. The van der Waals surface area contributed by atoms with Crippen molar-refractivity contribution in [3.05, 3.63) is 53.6 Å². The minimum Gasteiger partial charge on any atom is -0.475 e. The normalized spacial score (nSPS) is 16.5. The predicted octanol–water partition coefficient (Wildman–Crippen LogP) is 4.50. The van der Waals surface area contributed by atoms with Gasteiger partial charge in [-0.05, 0) is 62.9 Å². The topological polar surface area (TPSA) is 67.4 Å². The summed E-state index contributed by atoms with van der Waals surface area (Å²) >= 11 is 0. The van der Waals surface area contributed by atoms with Crippen LogP contribution in [0, 0.1) is 19.8 Å². The van der Waals surface area contributed by atoms with E-state index in [0.29, 0.717) is 19.0 Å². The number of nitrogens with zero attached hydrogens (tertiary/aromatic N) is 3. The summed E-state index contributed by atoms with van der Waals surface area (Å²) in [6.45, 7) is 7.99. The molecule has 1 aliphatic heterocycles. The first-order valence-corrected chi connectivity index (χ1v) is 10.6. The van der Waals surface area contributed by atoms with Crippen LogP contribution in [0.3, 0.4) is 0 Å². The average molecular weight is 405 g/mol. The van der Waals surface area contributed by atoms with Crippen molar-refractivity contribution in [2.45, 2.75) is 33.6 Å². The minimum atomic E-state index is -0.110. The first-order valence-electron chi connectivity index (χ1n) is 10.6. The standard InChI is InChI=1S/C24H28N4O2/c1-4-30-24-22(25-20-11-5-6-12-21(20)27-24)28-14-8-10-18(15-28)23(29)26-19-13-7-9-16(2)17(19)3/h5-7,9,11-13,18H,4,8,10,14-15H2,1-3H3,(H,26,29)/t18-/m0/s1. The number of rotatable bonds is 5. The van der Waals surface area contributed by atoms with Gasteiger partial charge in [-0.2, -0.15) is 0 Å². The van der Waals surface area contributed by atoms with E-state index >= 15 is 0 Å². The molecule has 3 aromatic rings. The molecule has 0 radical (unpaired) electrons. The van der Waals surface area contributed by atoms with Crippen LogP contribution in [0.2, 0.25) is 0 Å². The van der Waals surface area contributed by atoms with Crippen molar-refractivity contribution < 1.29 is 9.53 Å². The largest absolute Gasteiger partial charge is 0.475 e. The van der Waals surface area contributed by atoms with Gasteiger partial charge in [-0.3, -0.25) is 4.79 Å². The number of carbonyl (C=O) groups excluding carboxylic acids is 1. The molecule has 1 N–H and O–H groups in total. The quantitative estimate of drug-likeness (QED) is 0.678. The Bertz CT molecular complexity index is 1070. The van der Waals surface area contributed by atoms with E-state index in [0.717, 1.165) is 47.5 Å². The third-order valence-electron chi connectivity index (χ3n) is 5.76. The predicted molar refractivity (Wildman–Crippen MR) is 120 cm³/mol. The van der Waals surface area contributed by atoms with Gasteiger partial charge in [0.15, 0.2) is 5.82 Å². The fourth-order valence-electron chi connectivity index (χ4n) is 3.92. The number of aromatic nitrogens is 2. The van der Waals surface area contributed by atoms with Crippen molar-refractivity contribution in [3.8, 4) is 5.88 Å². The lowest BCUT2D eigenvalue weighted by Crippen LogP contribution is -2.41. The zero-order chi connectivity index (χ0) is 21.1. The number of benzene rings is 2. The summed E-state index contributed by atoms with van der Waals surface area (Å²) in [6, 6.07) is 13.8. The van der Waals surface area contributed by atoms with Gasteiger partial charge in [0.2, 0.25) is 5.91 Å². The van der Waals surface area contributed by atoms with Gasteiger partial charge in [-0.1, -0.05) is 24.3 Å². The number of para-hydroxylation sites is 2. The van der Waals surface area contributed by atoms with Crippen LogP contribution in [-0.4, -0.2) is 35.6 Å². The molecule has 0 spiro atoms. The summed E-state index contributed by atoms with van der Waals surface area (Å²) in [5.41, 5.74) is 4.81. The summed E-state index contributed by atoms with van der Waals surface area (Å²) < 4.78 is 5.80. The van der Waals surface area contributed by atoms with Crippen molar-refractivity contribution in [3.63, 3.8) is 0 Å². The summed E-state index contributed by atoms with van der Waals surface area (Å²) in [6.07, 6.45) is 1.78. The van der Waals surface area contributed by atoms with Crippen LogP contribution in [0.1, 0.15) is 30.9 Å². The third-order valence-corrected chi connectivity index (χ3v) is 5.76. The number of fused-ring (bicyclic) bond motifs is 1. The number of hydrogen-bond acceptors (Lipinski definition) is 5. The molecule has 1 amide bonds. The number of carbonyl (C=O) groups is 1. The van der Waals surface area contributed by atoms with Crippen LogP contribution < -0.4 is 15.0 Å². The molecule has 1 fully saturated rings. The van der Waals surface area contributed by atoms with E-state index in [1.54, 1.807) is 0 Å². The van der Waals surface area contributed by atoms with Crippen LogP contribution in [0.5, 0.6) is 5.88 Å². The van der Waals surface area contributed by atoms with Gasteiger partial charge in [-0.15, -0.1) is 0 Å². The summed E-state index contributed by atoms with van der Waals surface area (Å²) in [7, 11) is 0. The molecule has 4 rings (SSSR count). The van der Waals surface area contributed by atoms with Crippen molar-refractivity contribution in [1.29, 1.82) is 0 Å². The van der Waals surface area contributed by atoms with Crippen LogP contribution in [0.25, 0.3) is 11.0 Å². The van der Waals surface area contributed by atoms with Gasteiger partial charge < -0.3 is 15.0 Å². The van der Waals surface area contributed by atoms with Crippen molar-refractivity contribution in [2.75, 3.05) is 29.9 Å². The van der Waals surface area contributed by atoms with Gasteiger partial charge in [0.1, 0.15) is 0 Å². The zero-order valence-corrected chi connectivity index (χ0v) is 17.8. The molecular formula is C24H28N4O2. The number of hydrogen-bond donors (Lipinski definition) is 1. The maximum Gasteiger partial charge on any atom is 0.258 e. The summed E-state index contributed by atoms with van der Waals surface area (Å²) in [4.78, 5) is 24.7. The average Bonchev–Trinajstić information content (AvgIpc) is 2.77. The van der Waals surface area contributed by atoms with Gasteiger partial charge in [0.25, 0.3) is 5.88 Å². The van der Waals surface area contributed by atoms with E-state index in [-0.39, 0.29) is 11.8 Å². The van der Waals surface area contributed by atoms with E-state index in [4.69, 9.17) is 9.72 Å². The first-order chi connectivity index (χ1) is 14.6. The lowest BCUT2D eigenvalue weighted by atomic mass is 9.96. The van der Waals surface area contributed by atoms with Crippen molar-refractivity contribution in [2.24, 2.45) is 5.92 Å². The molecule has 0 saturated carbocycles. The summed E-state index contributed by atoms with van der Waals surface area (Å²) in [5, 5.41) is 3.13. The highest BCUT2D eigenvalue weighted by Crippen LogP contribution is 2.31. The number of amides is 1. The van der Waals surface area contributed by atoms with E-state index in [9.17, 15) is 4.79 Å². The molecule has 156 valence electrons. The Morgan fingerprint density at radius 1 is 1.13 bits per heavy atom. The Kier molecular flexibility index (Phi) is 5.84. The van der Waals surface area contributed by atoms with Gasteiger partial charge >= 0.3 is 0 Å². The number of aryl methyl sites for hydroxylation is 1.